The SMILES string of the molecule is CCc1ccc(C(=O)O)cc1S(=O)(=O)Nc1ncc(Br)s1. The molecule has 0 bridgehead atoms. The normalized spacial score (nSPS) is 11.3. The number of hydrogen-bond donors (Lipinski definition) is 2. The lowest BCUT2D eigenvalue weighted by atomic mass is 10.1. The van der Waals surface area contributed by atoms with Crippen LogP contribution in [0.25, 0.3) is 0 Å². The Balaban J connectivity index is 2.47. The minimum Gasteiger partial charge on any atom is -0.478 e. The van der Waals surface area contributed by atoms with Gasteiger partial charge in [0, 0.05) is 0 Å². The number of thiazole rings is 1. The molecule has 1 aromatic carbocycles. The molecule has 2 aromatic rings. The Labute approximate surface area is 134 Å². The van der Waals surface area contributed by atoms with Gasteiger partial charge in [-0.25, -0.2) is 18.2 Å². The van der Waals surface area contributed by atoms with Crippen LogP contribution in [0.3, 0.4) is 0 Å². The van der Waals surface area contributed by atoms with Crippen molar-refractivity contribution in [2.75, 3.05) is 4.72 Å². The Hall–Kier alpha value is -1.45. The van der Waals surface area contributed by atoms with Crippen LogP contribution in [0.4, 0.5) is 5.13 Å². The summed E-state index contributed by atoms with van der Waals surface area (Å²) < 4.78 is 27.9. The van der Waals surface area contributed by atoms with E-state index in [-0.39, 0.29) is 15.6 Å². The molecule has 0 saturated heterocycles. The predicted molar refractivity (Wildman–Crippen MR) is 83.4 cm³/mol. The van der Waals surface area contributed by atoms with Crippen molar-refractivity contribution in [3.8, 4) is 0 Å². The molecule has 2 N–H and O–H groups in total. The lowest BCUT2D eigenvalue weighted by Crippen LogP contribution is -2.15. The second-order valence-electron chi connectivity index (χ2n) is 4.06. The van der Waals surface area contributed by atoms with Gasteiger partial charge in [0.25, 0.3) is 10.0 Å². The predicted octanol–water partition coefficient (Wildman–Crippen LogP) is 2.97. The van der Waals surface area contributed by atoms with Gasteiger partial charge in [-0.3, -0.25) is 4.72 Å². The number of benzene rings is 1. The number of carboxylic acids is 1. The van der Waals surface area contributed by atoms with Crippen molar-refractivity contribution in [1.29, 1.82) is 0 Å². The van der Waals surface area contributed by atoms with Gasteiger partial charge in [0.05, 0.1) is 20.4 Å². The van der Waals surface area contributed by atoms with E-state index in [0.717, 1.165) is 17.4 Å². The Morgan fingerprint density at radius 3 is 2.71 bits per heavy atom. The fraction of sp³-hybridized carbons (Fsp3) is 0.167. The number of nitrogens with zero attached hydrogens (tertiary/aromatic N) is 1. The first-order chi connectivity index (χ1) is 9.83. The lowest BCUT2D eigenvalue weighted by molar-refractivity contribution is 0.0696. The minimum atomic E-state index is -3.89. The van der Waals surface area contributed by atoms with Crippen molar-refractivity contribution in [2.24, 2.45) is 0 Å². The number of aromatic nitrogens is 1. The van der Waals surface area contributed by atoms with Gasteiger partial charge in [-0.15, -0.1) is 0 Å². The molecule has 0 aliphatic heterocycles. The summed E-state index contributed by atoms with van der Waals surface area (Å²) >= 11 is 4.33. The molecule has 0 aliphatic rings. The summed E-state index contributed by atoms with van der Waals surface area (Å²) in [6.45, 7) is 1.80. The van der Waals surface area contributed by atoms with E-state index in [1.54, 1.807) is 6.92 Å². The average molecular weight is 391 g/mol. The third-order valence-electron chi connectivity index (χ3n) is 2.68. The monoisotopic (exact) mass is 390 g/mol. The fourth-order valence-electron chi connectivity index (χ4n) is 1.70. The van der Waals surface area contributed by atoms with Crippen LogP contribution in [0.1, 0.15) is 22.8 Å². The van der Waals surface area contributed by atoms with E-state index in [9.17, 15) is 13.2 Å². The second-order valence-corrected chi connectivity index (χ2v) is 8.12. The number of anilines is 1. The largest absolute Gasteiger partial charge is 0.478 e. The fourth-order valence-corrected chi connectivity index (χ4v) is 4.39. The Morgan fingerprint density at radius 1 is 1.48 bits per heavy atom. The lowest BCUT2D eigenvalue weighted by Gasteiger charge is -2.10. The Morgan fingerprint density at radius 2 is 2.19 bits per heavy atom. The quantitative estimate of drug-likeness (QED) is 0.817. The second kappa shape index (κ2) is 6.12. The Kier molecular flexibility index (Phi) is 4.64. The number of carboxylic acid groups (broad SMARTS) is 1. The molecule has 0 unspecified atom stereocenters. The van der Waals surface area contributed by atoms with Crippen LogP contribution in [-0.2, 0) is 16.4 Å². The zero-order valence-electron chi connectivity index (χ0n) is 10.8. The maximum Gasteiger partial charge on any atom is 0.335 e. The van der Waals surface area contributed by atoms with Gasteiger partial charge in [0.15, 0.2) is 5.13 Å². The summed E-state index contributed by atoms with van der Waals surface area (Å²) in [6.07, 6.45) is 1.95. The molecule has 6 nitrogen and oxygen atoms in total. The van der Waals surface area contributed by atoms with Crippen LogP contribution in [0, 0.1) is 0 Å². The number of hydrogen-bond acceptors (Lipinski definition) is 5. The molecule has 0 fully saturated rings. The molecule has 9 heteroatoms. The van der Waals surface area contributed by atoms with E-state index in [4.69, 9.17) is 5.11 Å². The van der Waals surface area contributed by atoms with E-state index >= 15 is 0 Å². The van der Waals surface area contributed by atoms with Crippen LogP contribution >= 0.6 is 27.3 Å². The highest BCUT2D eigenvalue weighted by Gasteiger charge is 2.21. The summed E-state index contributed by atoms with van der Waals surface area (Å²) in [5, 5.41) is 9.21. The summed E-state index contributed by atoms with van der Waals surface area (Å²) in [5.41, 5.74) is 0.469. The van der Waals surface area contributed by atoms with E-state index < -0.39 is 16.0 Å². The maximum atomic E-state index is 12.4. The first-order valence-corrected chi connectivity index (χ1v) is 8.93. The molecular formula is C12H11BrN2O4S2. The first-order valence-electron chi connectivity index (χ1n) is 5.84. The number of aromatic carboxylic acids is 1. The van der Waals surface area contributed by atoms with Gasteiger partial charge in [0.2, 0.25) is 0 Å². The molecule has 0 atom stereocenters. The summed E-state index contributed by atoms with van der Waals surface area (Å²) in [4.78, 5) is 14.9. The molecular weight excluding hydrogens is 380 g/mol. The highest BCUT2D eigenvalue weighted by atomic mass is 79.9. The van der Waals surface area contributed by atoms with E-state index in [1.807, 2.05) is 0 Å². The molecule has 1 aromatic heterocycles. The molecule has 21 heavy (non-hydrogen) atoms. The molecule has 0 aliphatic carbocycles. The Bertz CT molecular complexity index is 786. The number of halogens is 1. The van der Waals surface area contributed by atoms with Crippen molar-refractivity contribution in [3.63, 3.8) is 0 Å². The maximum absolute atomic E-state index is 12.4. The highest BCUT2D eigenvalue weighted by molar-refractivity contribution is 9.11. The summed E-state index contributed by atoms with van der Waals surface area (Å²) in [7, 11) is -3.89. The van der Waals surface area contributed by atoms with Crippen molar-refractivity contribution in [2.45, 2.75) is 18.2 Å². The zero-order valence-corrected chi connectivity index (χ0v) is 14.0. The molecule has 0 spiro atoms. The van der Waals surface area contributed by atoms with Crippen LogP contribution in [0.5, 0.6) is 0 Å². The summed E-state index contributed by atoms with van der Waals surface area (Å²) in [6, 6.07) is 4.06. The number of sulfonamides is 1. The third kappa shape index (κ3) is 3.60. The zero-order chi connectivity index (χ0) is 15.6. The van der Waals surface area contributed by atoms with Crippen LogP contribution in [0.15, 0.2) is 33.1 Å². The molecule has 0 amide bonds. The highest BCUT2D eigenvalue weighted by Crippen LogP contribution is 2.27. The molecule has 0 radical (unpaired) electrons. The summed E-state index contributed by atoms with van der Waals surface area (Å²) in [5.74, 6) is -1.17. The molecule has 0 saturated carbocycles. The molecule has 112 valence electrons. The van der Waals surface area contributed by atoms with Crippen LogP contribution in [0.2, 0.25) is 0 Å². The number of nitrogens with one attached hydrogen (secondary N) is 1. The standard InChI is InChI=1S/C12H11BrN2O4S2/c1-2-7-3-4-8(11(16)17)5-9(7)21(18,19)15-12-14-6-10(13)20-12/h3-6H,2H2,1H3,(H,14,15)(H,16,17). The van der Waals surface area contributed by atoms with Crippen molar-refractivity contribution >= 4 is 48.4 Å². The van der Waals surface area contributed by atoms with Crippen LogP contribution < -0.4 is 4.72 Å². The van der Waals surface area contributed by atoms with Gasteiger partial charge < -0.3 is 5.11 Å². The molecule has 1 heterocycles. The first kappa shape index (κ1) is 15.9. The van der Waals surface area contributed by atoms with E-state index in [2.05, 4.69) is 25.6 Å². The topological polar surface area (TPSA) is 96.4 Å². The van der Waals surface area contributed by atoms with Gasteiger partial charge in [-0.2, -0.15) is 0 Å². The van der Waals surface area contributed by atoms with E-state index in [0.29, 0.717) is 15.8 Å². The average Bonchev–Trinajstić information content (AvgIpc) is 2.82. The van der Waals surface area contributed by atoms with Crippen LogP contribution in [-0.4, -0.2) is 24.5 Å². The number of rotatable bonds is 5. The molecule has 2 rings (SSSR count). The van der Waals surface area contributed by atoms with E-state index in [1.165, 1.54) is 18.3 Å². The van der Waals surface area contributed by atoms with Crippen molar-refractivity contribution in [3.05, 3.63) is 39.3 Å². The third-order valence-corrected chi connectivity index (χ3v) is 5.63. The van der Waals surface area contributed by atoms with Gasteiger partial charge in [0.1, 0.15) is 0 Å². The van der Waals surface area contributed by atoms with Crippen molar-refractivity contribution < 1.29 is 18.3 Å². The van der Waals surface area contributed by atoms with Crippen molar-refractivity contribution in [1.82, 2.24) is 4.98 Å². The van der Waals surface area contributed by atoms with Gasteiger partial charge in [-0.05, 0) is 40.0 Å². The van der Waals surface area contributed by atoms with Gasteiger partial charge in [-0.1, -0.05) is 24.3 Å². The minimum absolute atomic E-state index is 0.0452. The number of aryl methyl sites for hydroxylation is 1. The van der Waals surface area contributed by atoms with Gasteiger partial charge >= 0.3 is 5.97 Å². The smallest absolute Gasteiger partial charge is 0.335 e. The number of carbonyl (C=O) groups is 1.